The molecule has 0 saturated heterocycles. The minimum atomic E-state index is -1.44. The van der Waals surface area contributed by atoms with Gasteiger partial charge in [-0.05, 0) is 94.6 Å². The van der Waals surface area contributed by atoms with Crippen molar-refractivity contribution in [1.82, 2.24) is 4.98 Å². The van der Waals surface area contributed by atoms with E-state index in [1.165, 1.54) is 5.56 Å². The number of aliphatic hydroxyl groups is 1. The van der Waals surface area contributed by atoms with Gasteiger partial charge in [0.1, 0.15) is 29.7 Å². The topological polar surface area (TPSA) is 78.5 Å². The number of hydrogen-bond acceptors (Lipinski definition) is 5. The molecule has 1 unspecified atom stereocenters. The highest BCUT2D eigenvalue weighted by atomic mass is 16.5. The molecule has 1 atom stereocenters. The number of aliphatic imine (C=N–C) groups is 1. The summed E-state index contributed by atoms with van der Waals surface area (Å²) in [6, 6.07) is 23.8. The molecular weight excluding hydrogens is 494 g/mol. The molecular formula is C35H37N3O2. The highest BCUT2D eigenvalue weighted by Crippen LogP contribution is 2.41. The Morgan fingerprint density at radius 2 is 1.85 bits per heavy atom. The summed E-state index contributed by atoms with van der Waals surface area (Å²) in [5.74, 6) is 1.03. The number of benzene rings is 3. The van der Waals surface area contributed by atoms with Crippen LogP contribution in [0.3, 0.4) is 0 Å². The van der Waals surface area contributed by atoms with E-state index in [1.807, 2.05) is 81.6 Å². The number of fused-ring (bicyclic) bond motifs is 6. The summed E-state index contributed by atoms with van der Waals surface area (Å²) in [7, 11) is 0. The Labute approximate surface area is 237 Å². The highest BCUT2D eigenvalue weighted by Gasteiger charge is 2.35. The third kappa shape index (κ3) is 5.54. The largest absolute Gasteiger partial charge is 0.489 e. The summed E-state index contributed by atoms with van der Waals surface area (Å²) >= 11 is 0. The van der Waals surface area contributed by atoms with E-state index >= 15 is 0 Å². The molecule has 0 amide bonds. The Balaban J connectivity index is 0.00000181. The fourth-order valence-electron chi connectivity index (χ4n) is 5.03. The average Bonchev–Trinajstić information content (AvgIpc) is 2.99. The minimum Gasteiger partial charge on any atom is -0.489 e. The molecule has 5 nitrogen and oxygen atoms in total. The molecule has 204 valence electrons. The maximum Gasteiger partial charge on any atom is 0.141 e. The van der Waals surface area contributed by atoms with Crippen LogP contribution in [0.5, 0.6) is 5.75 Å². The van der Waals surface area contributed by atoms with Gasteiger partial charge in [-0.3, -0.25) is 4.99 Å². The molecule has 2 heterocycles. The lowest BCUT2D eigenvalue weighted by molar-refractivity contribution is 0.120. The summed E-state index contributed by atoms with van der Waals surface area (Å²) in [5.41, 5.74) is 5.71. The van der Waals surface area contributed by atoms with Gasteiger partial charge < -0.3 is 9.84 Å². The molecule has 3 aromatic carbocycles. The van der Waals surface area contributed by atoms with E-state index in [4.69, 9.17) is 4.74 Å². The van der Waals surface area contributed by atoms with Gasteiger partial charge in [0.15, 0.2) is 0 Å². The van der Waals surface area contributed by atoms with Crippen LogP contribution in [0.1, 0.15) is 69.5 Å². The summed E-state index contributed by atoms with van der Waals surface area (Å²) < 4.78 is 6.27. The molecule has 1 aliphatic heterocycles. The summed E-state index contributed by atoms with van der Waals surface area (Å²) in [5, 5.41) is 23.1. The Morgan fingerprint density at radius 3 is 2.58 bits per heavy atom. The maximum absolute atomic E-state index is 12.6. The van der Waals surface area contributed by atoms with Gasteiger partial charge in [0, 0.05) is 17.8 Å². The van der Waals surface area contributed by atoms with Gasteiger partial charge in [-0.2, -0.15) is 5.26 Å². The van der Waals surface area contributed by atoms with E-state index in [0.717, 1.165) is 39.8 Å². The van der Waals surface area contributed by atoms with Gasteiger partial charge in [-0.25, -0.2) is 4.98 Å². The third-order valence-electron chi connectivity index (χ3n) is 7.11. The number of aromatic nitrogens is 1. The van der Waals surface area contributed by atoms with Crippen molar-refractivity contribution in [3.05, 3.63) is 106 Å². The number of hydrogen-bond donors (Lipinski definition) is 1. The molecule has 0 saturated carbocycles. The van der Waals surface area contributed by atoms with E-state index in [0.29, 0.717) is 34.9 Å². The second-order valence-corrected chi connectivity index (χ2v) is 10.1. The standard InChI is InChI=1S/C33H31N3O2.C2H6/c1-5-23-9-10-26-13-25(23)20-38-29-8-6-7-24(14-29)30-16-28(17-34)36-32-12-11-27(15-31(30)32)33(26,37)22(4)19-35-18-21(2)3;1-2/h6-16,18-19,21,37H,5,20H2,1-4H3;1-2H3/b22-19+,35-18?;. The van der Waals surface area contributed by atoms with Crippen LogP contribution in [-0.2, 0) is 18.6 Å². The molecule has 5 rings (SSSR count). The molecule has 1 aliphatic rings. The number of nitrogens with zero attached hydrogens (tertiary/aromatic N) is 3. The smallest absolute Gasteiger partial charge is 0.141 e. The predicted molar refractivity (Wildman–Crippen MR) is 163 cm³/mol. The molecule has 1 N–H and O–H groups in total. The zero-order valence-corrected chi connectivity index (χ0v) is 24.2. The first kappa shape index (κ1) is 28.7. The predicted octanol–water partition coefficient (Wildman–Crippen LogP) is 8.12. The number of aryl methyl sites for hydroxylation is 1. The van der Waals surface area contributed by atoms with E-state index < -0.39 is 5.60 Å². The minimum absolute atomic E-state index is 0.292. The second-order valence-electron chi connectivity index (χ2n) is 10.1. The molecule has 5 heteroatoms. The van der Waals surface area contributed by atoms with Crippen molar-refractivity contribution < 1.29 is 9.84 Å². The van der Waals surface area contributed by atoms with Crippen LogP contribution >= 0.6 is 0 Å². The molecule has 6 bridgehead atoms. The third-order valence-corrected chi connectivity index (χ3v) is 7.11. The lowest BCUT2D eigenvalue weighted by Crippen LogP contribution is -2.29. The van der Waals surface area contributed by atoms with Crippen molar-refractivity contribution >= 4 is 17.1 Å². The van der Waals surface area contributed by atoms with E-state index in [2.05, 4.69) is 42.9 Å². The normalized spacial score (nSPS) is 16.4. The molecule has 0 spiro atoms. The summed E-state index contributed by atoms with van der Waals surface area (Å²) in [4.78, 5) is 9.06. The molecule has 40 heavy (non-hydrogen) atoms. The Bertz CT molecular complexity index is 1630. The van der Waals surface area contributed by atoms with Gasteiger partial charge >= 0.3 is 0 Å². The van der Waals surface area contributed by atoms with Gasteiger partial charge in [-0.15, -0.1) is 0 Å². The van der Waals surface area contributed by atoms with Crippen LogP contribution in [0, 0.1) is 17.2 Å². The lowest BCUT2D eigenvalue weighted by atomic mass is 9.79. The van der Waals surface area contributed by atoms with Crippen molar-refractivity contribution in [1.29, 1.82) is 5.26 Å². The first-order chi connectivity index (χ1) is 19.3. The van der Waals surface area contributed by atoms with Crippen LogP contribution in [0.15, 0.2) is 83.5 Å². The Morgan fingerprint density at radius 1 is 1.10 bits per heavy atom. The average molecular weight is 532 g/mol. The number of pyridine rings is 1. The number of rotatable bonds is 4. The lowest BCUT2D eigenvalue weighted by Gasteiger charge is -2.31. The molecule has 4 aromatic rings. The molecule has 0 fully saturated rings. The maximum atomic E-state index is 12.6. The van der Waals surface area contributed by atoms with Gasteiger partial charge in [0.2, 0.25) is 0 Å². The second kappa shape index (κ2) is 12.3. The fourth-order valence-corrected chi connectivity index (χ4v) is 5.03. The molecule has 0 aliphatic carbocycles. The zero-order chi connectivity index (χ0) is 28.9. The zero-order valence-electron chi connectivity index (χ0n) is 24.2. The van der Waals surface area contributed by atoms with Crippen LogP contribution in [0.25, 0.3) is 22.0 Å². The van der Waals surface area contributed by atoms with Gasteiger partial charge in [0.25, 0.3) is 0 Å². The first-order valence-electron chi connectivity index (χ1n) is 14.0. The van der Waals surface area contributed by atoms with Crippen LogP contribution in [0.2, 0.25) is 0 Å². The highest BCUT2D eigenvalue weighted by molar-refractivity contribution is 5.96. The number of ether oxygens (including phenoxy) is 1. The van der Waals surface area contributed by atoms with Crippen LogP contribution in [0.4, 0.5) is 0 Å². The van der Waals surface area contributed by atoms with E-state index in [9.17, 15) is 10.4 Å². The van der Waals surface area contributed by atoms with E-state index in [-0.39, 0.29) is 0 Å². The van der Waals surface area contributed by atoms with Crippen LogP contribution < -0.4 is 4.74 Å². The van der Waals surface area contributed by atoms with Gasteiger partial charge in [0.05, 0.1) is 5.52 Å². The van der Waals surface area contributed by atoms with Crippen molar-refractivity contribution in [2.75, 3.05) is 0 Å². The molecule has 1 aromatic heterocycles. The van der Waals surface area contributed by atoms with Crippen molar-refractivity contribution in [2.45, 2.75) is 60.2 Å². The van der Waals surface area contributed by atoms with Gasteiger partial charge in [-0.1, -0.05) is 65.0 Å². The van der Waals surface area contributed by atoms with Crippen molar-refractivity contribution in [3.63, 3.8) is 0 Å². The SMILES string of the molecule is CC.CCc1ccc2cc1COc1cccc(c1)-c1cc(C#N)nc3ccc(cc13)C2(O)/C(C)=C/N=CC(C)C. The molecule has 0 radical (unpaired) electrons. The Hall–Kier alpha value is -4.27. The number of nitriles is 1. The Kier molecular flexibility index (Phi) is 8.82. The van der Waals surface area contributed by atoms with Crippen LogP contribution in [-0.4, -0.2) is 16.3 Å². The fraction of sp³-hybridized carbons (Fsp3) is 0.286. The van der Waals surface area contributed by atoms with Crippen molar-refractivity contribution in [3.8, 4) is 22.9 Å². The summed E-state index contributed by atoms with van der Waals surface area (Å²) in [6.07, 6.45) is 4.46. The quantitative estimate of drug-likeness (QED) is 0.270. The van der Waals surface area contributed by atoms with E-state index in [1.54, 1.807) is 12.3 Å². The van der Waals surface area contributed by atoms with Crippen molar-refractivity contribution in [2.24, 2.45) is 10.9 Å². The monoisotopic (exact) mass is 531 g/mol. The summed E-state index contributed by atoms with van der Waals surface area (Å²) in [6.45, 7) is 12.5. The first-order valence-corrected chi connectivity index (χ1v) is 14.0.